The molecule has 0 aromatic carbocycles. The molecule has 0 amide bonds. The predicted octanol–water partition coefficient (Wildman–Crippen LogP) is 2.12. The molecule has 0 radical (unpaired) electrons. The number of thiol groups is 3. The zero-order valence-corrected chi connectivity index (χ0v) is 14.0. The van der Waals surface area contributed by atoms with Crippen molar-refractivity contribution >= 4 is 37.9 Å². The topological polar surface area (TPSA) is 60.7 Å². The predicted molar refractivity (Wildman–Crippen MR) is 85.7 cm³/mol. The molecule has 0 aliphatic rings. The molecule has 110 valence electrons. The molecule has 0 saturated carbocycles. The quantitative estimate of drug-likeness (QED) is 0.307. The van der Waals surface area contributed by atoms with Gasteiger partial charge in [-0.1, -0.05) is 20.8 Å². The fraction of sp³-hybridized carbons (Fsp3) is 1.00. The molecule has 0 aromatic heterocycles. The smallest absolute Gasteiger partial charge is 0.116 e. The van der Waals surface area contributed by atoms with Crippen molar-refractivity contribution in [3.8, 4) is 0 Å². The van der Waals surface area contributed by atoms with E-state index >= 15 is 0 Å². The second-order valence-corrected chi connectivity index (χ2v) is 7.25. The highest BCUT2D eigenvalue weighted by Gasteiger charge is 2.55. The van der Waals surface area contributed by atoms with E-state index in [1.807, 2.05) is 13.8 Å². The zero-order valence-electron chi connectivity index (χ0n) is 11.3. The van der Waals surface area contributed by atoms with Gasteiger partial charge < -0.3 is 15.3 Å². The minimum atomic E-state index is -1.35. The molecule has 3 nitrogen and oxygen atoms in total. The molecule has 3 unspecified atom stereocenters. The molecule has 18 heavy (non-hydrogen) atoms. The minimum absolute atomic E-state index is 0.0263. The largest absolute Gasteiger partial charge is 0.396 e. The summed E-state index contributed by atoms with van der Waals surface area (Å²) in [6.45, 7) is 5.41. The lowest BCUT2D eigenvalue weighted by molar-refractivity contribution is -0.105. The van der Waals surface area contributed by atoms with E-state index in [1.54, 1.807) is 6.92 Å². The SMILES string of the molecule is CCC(O)(S)C(C)(CC(S)CCO)C(O)(S)CC. The average molecular weight is 315 g/mol. The molecule has 0 heterocycles. The first kappa shape index (κ1) is 18.9. The van der Waals surface area contributed by atoms with Gasteiger partial charge in [-0.15, -0.1) is 25.3 Å². The Labute approximate surface area is 127 Å². The van der Waals surface area contributed by atoms with Crippen molar-refractivity contribution in [2.75, 3.05) is 6.61 Å². The number of rotatable bonds is 8. The van der Waals surface area contributed by atoms with Crippen molar-refractivity contribution in [2.24, 2.45) is 5.41 Å². The third-order valence-corrected chi connectivity index (χ3v) is 5.92. The van der Waals surface area contributed by atoms with Crippen LogP contribution in [0.1, 0.15) is 46.5 Å². The van der Waals surface area contributed by atoms with Crippen LogP contribution in [-0.2, 0) is 0 Å². The van der Waals surface area contributed by atoms with Crippen LogP contribution in [0.15, 0.2) is 0 Å². The van der Waals surface area contributed by atoms with Gasteiger partial charge in [-0.25, -0.2) is 0 Å². The summed E-state index contributed by atoms with van der Waals surface area (Å²) in [6.07, 6.45) is 1.68. The number of aliphatic hydroxyl groups is 3. The van der Waals surface area contributed by atoms with Crippen LogP contribution in [-0.4, -0.2) is 37.0 Å². The van der Waals surface area contributed by atoms with Gasteiger partial charge in [0.25, 0.3) is 0 Å². The summed E-state index contributed by atoms with van der Waals surface area (Å²) in [4.78, 5) is -2.70. The van der Waals surface area contributed by atoms with Crippen LogP contribution in [0.25, 0.3) is 0 Å². The Morgan fingerprint density at radius 3 is 1.72 bits per heavy atom. The summed E-state index contributed by atoms with van der Waals surface area (Å²) in [6, 6.07) is 0. The monoisotopic (exact) mass is 314 g/mol. The Morgan fingerprint density at radius 2 is 1.44 bits per heavy atom. The van der Waals surface area contributed by atoms with E-state index in [4.69, 9.17) is 5.11 Å². The fourth-order valence-corrected chi connectivity index (χ4v) is 3.27. The first-order valence-corrected chi connectivity index (χ1v) is 7.67. The summed E-state index contributed by atoms with van der Waals surface area (Å²) >= 11 is 13.0. The molecule has 3 N–H and O–H groups in total. The minimum Gasteiger partial charge on any atom is -0.396 e. The number of hydrogen-bond donors (Lipinski definition) is 6. The van der Waals surface area contributed by atoms with Crippen molar-refractivity contribution in [3.05, 3.63) is 0 Å². The summed E-state index contributed by atoms with van der Waals surface area (Å²) < 4.78 is 0. The number of aliphatic hydroxyl groups excluding tert-OH is 1. The van der Waals surface area contributed by atoms with Crippen molar-refractivity contribution in [3.63, 3.8) is 0 Å². The highest BCUT2D eigenvalue weighted by atomic mass is 32.1. The maximum Gasteiger partial charge on any atom is 0.116 e. The third kappa shape index (κ3) is 3.96. The fourth-order valence-electron chi connectivity index (χ4n) is 2.15. The van der Waals surface area contributed by atoms with Gasteiger partial charge in [-0.3, -0.25) is 0 Å². The molecule has 0 fully saturated rings. The Balaban J connectivity index is 5.30. The van der Waals surface area contributed by atoms with Gasteiger partial charge in [0.1, 0.15) is 9.87 Å². The second-order valence-electron chi connectivity index (χ2n) is 5.04. The van der Waals surface area contributed by atoms with Crippen molar-refractivity contribution in [1.29, 1.82) is 0 Å². The molecule has 0 spiro atoms. The standard InChI is InChI=1S/C12H26O3S3/c1-4-11(14,17)10(3,12(15,18)5-2)8-9(16)6-7-13/h9,13-18H,4-8H2,1-3H3. The molecule has 0 bridgehead atoms. The summed E-state index contributed by atoms with van der Waals surface area (Å²) in [5, 5.41) is 29.8. The lowest BCUT2D eigenvalue weighted by Crippen LogP contribution is -2.56. The Bertz CT molecular complexity index is 241. The van der Waals surface area contributed by atoms with Gasteiger partial charge in [-0.05, 0) is 25.7 Å². The molecular formula is C12H26O3S3. The van der Waals surface area contributed by atoms with E-state index in [-0.39, 0.29) is 11.9 Å². The first-order chi connectivity index (χ1) is 8.08. The Kier molecular flexibility index (Phi) is 7.45. The highest BCUT2D eigenvalue weighted by Crippen LogP contribution is 2.52. The summed E-state index contributed by atoms with van der Waals surface area (Å²) in [7, 11) is 0. The Morgan fingerprint density at radius 1 is 1.06 bits per heavy atom. The number of hydrogen-bond acceptors (Lipinski definition) is 6. The van der Waals surface area contributed by atoms with E-state index in [0.717, 1.165) is 0 Å². The lowest BCUT2D eigenvalue weighted by Gasteiger charge is -2.50. The molecule has 0 saturated heterocycles. The molecular weight excluding hydrogens is 288 g/mol. The van der Waals surface area contributed by atoms with Crippen molar-refractivity contribution < 1.29 is 15.3 Å². The van der Waals surface area contributed by atoms with E-state index in [0.29, 0.717) is 25.7 Å². The summed E-state index contributed by atoms with van der Waals surface area (Å²) in [5.74, 6) is 0. The van der Waals surface area contributed by atoms with Crippen molar-refractivity contribution in [2.45, 2.75) is 61.6 Å². The van der Waals surface area contributed by atoms with Gasteiger partial charge in [0.2, 0.25) is 0 Å². The molecule has 0 rings (SSSR count). The second kappa shape index (κ2) is 7.09. The van der Waals surface area contributed by atoms with Crippen LogP contribution in [0.4, 0.5) is 0 Å². The third-order valence-electron chi connectivity index (χ3n) is 3.86. The molecule has 0 aliphatic carbocycles. The van der Waals surface area contributed by atoms with Crippen LogP contribution in [0.2, 0.25) is 0 Å². The van der Waals surface area contributed by atoms with Gasteiger partial charge in [-0.2, -0.15) is 12.6 Å². The average Bonchev–Trinajstić information content (AvgIpc) is 2.28. The van der Waals surface area contributed by atoms with Gasteiger partial charge >= 0.3 is 0 Å². The van der Waals surface area contributed by atoms with E-state index < -0.39 is 15.3 Å². The van der Waals surface area contributed by atoms with E-state index in [1.165, 1.54) is 0 Å². The lowest BCUT2D eigenvalue weighted by atomic mass is 9.71. The van der Waals surface area contributed by atoms with E-state index in [9.17, 15) is 10.2 Å². The van der Waals surface area contributed by atoms with Crippen molar-refractivity contribution in [1.82, 2.24) is 0 Å². The van der Waals surface area contributed by atoms with Crippen LogP contribution >= 0.6 is 37.9 Å². The van der Waals surface area contributed by atoms with Crippen LogP contribution in [0, 0.1) is 5.41 Å². The maximum absolute atomic E-state index is 10.5. The highest BCUT2D eigenvalue weighted by molar-refractivity contribution is 7.82. The van der Waals surface area contributed by atoms with Crippen LogP contribution in [0.5, 0.6) is 0 Å². The molecule has 0 aromatic rings. The normalized spacial score (nSPS) is 23.8. The maximum atomic E-state index is 10.5. The Hall–Kier alpha value is 0.930. The van der Waals surface area contributed by atoms with Gasteiger partial charge in [0, 0.05) is 17.3 Å². The molecule has 6 heteroatoms. The first-order valence-electron chi connectivity index (χ1n) is 6.26. The van der Waals surface area contributed by atoms with Gasteiger partial charge in [0.05, 0.1) is 0 Å². The molecule has 3 atom stereocenters. The van der Waals surface area contributed by atoms with Gasteiger partial charge in [0.15, 0.2) is 0 Å². The zero-order chi connectivity index (χ0) is 14.6. The van der Waals surface area contributed by atoms with E-state index in [2.05, 4.69) is 37.9 Å². The molecule has 0 aliphatic heterocycles. The van der Waals surface area contributed by atoms with Crippen LogP contribution < -0.4 is 0 Å². The van der Waals surface area contributed by atoms with Crippen LogP contribution in [0.3, 0.4) is 0 Å². The summed E-state index contributed by atoms with van der Waals surface area (Å²) in [5.41, 5.74) is -0.933.